The van der Waals surface area contributed by atoms with Crippen LogP contribution in [0.3, 0.4) is 0 Å². The highest BCUT2D eigenvalue weighted by atomic mass is 19.4. The molecule has 1 saturated heterocycles. The lowest BCUT2D eigenvalue weighted by molar-refractivity contribution is -0.165. The average molecular weight is 268 g/mol. The van der Waals surface area contributed by atoms with Crippen LogP contribution in [-0.2, 0) is 4.74 Å². The van der Waals surface area contributed by atoms with Gasteiger partial charge in [0.05, 0.1) is 6.04 Å². The minimum atomic E-state index is -4.37. The first-order valence-electron chi connectivity index (χ1n) is 5.89. The molecule has 0 unspecified atom stereocenters. The molecule has 18 heavy (non-hydrogen) atoms. The molecule has 0 aromatic heterocycles. The number of carbonyl (C=O) groups excluding carboxylic acids is 1. The summed E-state index contributed by atoms with van der Waals surface area (Å²) in [5.41, 5.74) is -0.722. The zero-order valence-electron chi connectivity index (χ0n) is 10.7. The van der Waals surface area contributed by atoms with Crippen molar-refractivity contribution >= 4 is 6.09 Å². The summed E-state index contributed by atoms with van der Waals surface area (Å²) in [6, 6.07) is -2.69. The molecule has 0 aromatic rings. The average Bonchev–Trinajstić information content (AvgIpc) is 2.13. The van der Waals surface area contributed by atoms with Crippen molar-refractivity contribution in [3.8, 4) is 0 Å². The van der Waals surface area contributed by atoms with Crippen molar-refractivity contribution in [3.63, 3.8) is 0 Å². The minimum absolute atomic E-state index is 0.288. The molecule has 1 amide bonds. The predicted molar refractivity (Wildman–Crippen MR) is 60.2 cm³/mol. The number of hydrogen-bond acceptors (Lipinski definition) is 3. The Labute approximate surface area is 104 Å². The summed E-state index contributed by atoms with van der Waals surface area (Å²) in [5, 5.41) is 4.67. The number of ether oxygens (including phenoxy) is 1. The van der Waals surface area contributed by atoms with Crippen LogP contribution >= 0.6 is 0 Å². The van der Waals surface area contributed by atoms with E-state index in [4.69, 9.17) is 4.74 Å². The third kappa shape index (κ3) is 4.72. The second kappa shape index (κ2) is 5.34. The summed E-state index contributed by atoms with van der Waals surface area (Å²) in [4.78, 5) is 11.5. The second-order valence-corrected chi connectivity index (χ2v) is 5.37. The number of rotatable bonds is 1. The molecule has 7 heteroatoms. The van der Waals surface area contributed by atoms with Crippen LogP contribution in [-0.4, -0.2) is 36.5 Å². The maximum absolute atomic E-state index is 12.7. The molecule has 1 heterocycles. The monoisotopic (exact) mass is 268 g/mol. The molecule has 4 nitrogen and oxygen atoms in total. The molecule has 106 valence electrons. The van der Waals surface area contributed by atoms with Crippen molar-refractivity contribution in [1.29, 1.82) is 0 Å². The maximum Gasteiger partial charge on any atom is 0.407 e. The second-order valence-electron chi connectivity index (χ2n) is 5.37. The number of amides is 1. The molecule has 0 bridgehead atoms. The molecule has 1 aliphatic heterocycles. The van der Waals surface area contributed by atoms with E-state index < -0.39 is 30.0 Å². The molecule has 2 atom stereocenters. The number of hydrogen-bond donors (Lipinski definition) is 2. The Balaban J connectivity index is 2.60. The molecule has 1 fully saturated rings. The first-order valence-corrected chi connectivity index (χ1v) is 5.89. The molecular weight excluding hydrogens is 249 g/mol. The third-order valence-corrected chi connectivity index (χ3v) is 2.51. The highest BCUT2D eigenvalue weighted by Crippen LogP contribution is 2.26. The van der Waals surface area contributed by atoms with Gasteiger partial charge in [-0.3, -0.25) is 0 Å². The van der Waals surface area contributed by atoms with Gasteiger partial charge in [-0.15, -0.1) is 0 Å². The Bertz CT molecular complexity index is 300. The lowest BCUT2D eigenvalue weighted by Gasteiger charge is -2.34. The van der Waals surface area contributed by atoms with Crippen LogP contribution in [0, 0.1) is 0 Å². The Morgan fingerprint density at radius 1 is 1.33 bits per heavy atom. The Hall–Kier alpha value is -0.980. The summed E-state index contributed by atoms with van der Waals surface area (Å²) in [7, 11) is 0. The Morgan fingerprint density at radius 2 is 1.94 bits per heavy atom. The third-order valence-electron chi connectivity index (χ3n) is 2.51. The zero-order valence-corrected chi connectivity index (χ0v) is 10.7. The summed E-state index contributed by atoms with van der Waals surface area (Å²) >= 11 is 0. The van der Waals surface area contributed by atoms with E-state index in [0.717, 1.165) is 0 Å². The van der Waals surface area contributed by atoms with Crippen molar-refractivity contribution in [2.45, 2.75) is 57.5 Å². The first-order chi connectivity index (χ1) is 8.09. The predicted octanol–water partition coefficient (Wildman–Crippen LogP) is 2.19. The fourth-order valence-electron chi connectivity index (χ4n) is 1.85. The molecule has 0 aromatic carbocycles. The maximum atomic E-state index is 12.7. The molecular formula is C11H19F3N2O2. The van der Waals surface area contributed by atoms with Gasteiger partial charge in [0.2, 0.25) is 0 Å². The van der Waals surface area contributed by atoms with Crippen LogP contribution in [0.2, 0.25) is 0 Å². The van der Waals surface area contributed by atoms with E-state index in [-0.39, 0.29) is 6.42 Å². The molecule has 0 saturated carbocycles. The minimum Gasteiger partial charge on any atom is -0.444 e. The van der Waals surface area contributed by atoms with E-state index in [1.165, 1.54) is 0 Å². The standard InChI is InChI=1S/C11H19F3N2O2/c1-10(2,3)18-9(17)16-7-5-4-6-15-8(7)11(12,13)14/h7-8,15H,4-6H2,1-3H3,(H,16,17)/t7-,8-/m0/s1. The number of carbonyl (C=O) groups is 1. The van der Waals surface area contributed by atoms with E-state index in [9.17, 15) is 18.0 Å². The van der Waals surface area contributed by atoms with Crippen LogP contribution in [0.5, 0.6) is 0 Å². The molecule has 1 rings (SSSR count). The first kappa shape index (κ1) is 15.1. The van der Waals surface area contributed by atoms with Crippen LogP contribution in [0.4, 0.5) is 18.0 Å². The molecule has 2 N–H and O–H groups in total. The lowest BCUT2D eigenvalue weighted by atomic mass is 9.98. The van der Waals surface area contributed by atoms with Gasteiger partial charge in [0.1, 0.15) is 11.6 Å². The van der Waals surface area contributed by atoms with Gasteiger partial charge in [-0.05, 0) is 40.2 Å². The largest absolute Gasteiger partial charge is 0.444 e. The van der Waals surface area contributed by atoms with Gasteiger partial charge in [0.25, 0.3) is 0 Å². The van der Waals surface area contributed by atoms with E-state index in [2.05, 4.69) is 10.6 Å². The van der Waals surface area contributed by atoms with Crippen LogP contribution in [0.25, 0.3) is 0 Å². The van der Waals surface area contributed by atoms with Crippen molar-refractivity contribution in [3.05, 3.63) is 0 Å². The van der Waals surface area contributed by atoms with E-state index in [0.29, 0.717) is 13.0 Å². The number of piperidine rings is 1. The summed E-state index contributed by atoms with van der Waals surface area (Å²) in [6.45, 7) is 5.28. The Morgan fingerprint density at radius 3 is 2.44 bits per heavy atom. The quantitative estimate of drug-likeness (QED) is 0.766. The molecule has 0 radical (unpaired) electrons. The fourth-order valence-corrected chi connectivity index (χ4v) is 1.85. The normalized spacial score (nSPS) is 25.7. The van der Waals surface area contributed by atoms with Gasteiger partial charge < -0.3 is 15.4 Å². The lowest BCUT2D eigenvalue weighted by Crippen LogP contribution is -2.60. The van der Waals surface area contributed by atoms with Crippen molar-refractivity contribution in [1.82, 2.24) is 10.6 Å². The van der Waals surface area contributed by atoms with E-state index in [1.807, 2.05) is 0 Å². The zero-order chi connectivity index (χ0) is 14.0. The highest BCUT2D eigenvalue weighted by Gasteiger charge is 2.46. The van der Waals surface area contributed by atoms with Crippen molar-refractivity contribution in [2.24, 2.45) is 0 Å². The van der Waals surface area contributed by atoms with Gasteiger partial charge in [-0.25, -0.2) is 4.79 Å². The van der Waals surface area contributed by atoms with E-state index >= 15 is 0 Å². The van der Waals surface area contributed by atoms with Gasteiger partial charge in [0.15, 0.2) is 0 Å². The smallest absolute Gasteiger partial charge is 0.407 e. The number of alkyl carbamates (subject to hydrolysis) is 1. The topological polar surface area (TPSA) is 50.4 Å². The molecule has 1 aliphatic rings. The van der Waals surface area contributed by atoms with Crippen LogP contribution in [0.15, 0.2) is 0 Å². The number of alkyl halides is 3. The van der Waals surface area contributed by atoms with Crippen LogP contribution in [0.1, 0.15) is 33.6 Å². The summed E-state index contributed by atoms with van der Waals surface area (Å²) in [5.74, 6) is 0. The molecule has 0 spiro atoms. The summed E-state index contributed by atoms with van der Waals surface area (Å²) < 4.78 is 43.1. The van der Waals surface area contributed by atoms with Gasteiger partial charge in [0, 0.05) is 0 Å². The van der Waals surface area contributed by atoms with E-state index in [1.54, 1.807) is 20.8 Å². The van der Waals surface area contributed by atoms with Gasteiger partial charge in [-0.1, -0.05) is 0 Å². The summed E-state index contributed by atoms with van der Waals surface area (Å²) in [6.07, 6.45) is -4.31. The van der Waals surface area contributed by atoms with Crippen molar-refractivity contribution in [2.75, 3.05) is 6.54 Å². The SMILES string of the molecule is CC(C)(C)OC(=O)N[C@H]1CCCN[C@@H]1C(F)(F)F. The Kier molecular flexibility index (Phi) is 4.47. The van der Waals surface area contributed by atoms with Gasteiger partial charge in [-0.2, -0.15) is 13.2 Å². The molecule has 0 aliphatic carbocycles. The number of nitrogens with one attached hydrogen (secondary N) is 2. The van der Waals surface area contributed by atoms with Crippen molar-refractivity contribution < 1.29 is 22.7 Å². The number of halogens is 3. The van der Waals surface area contributed by atoms with Crippen LogP contribution < -0.4 is 10.6 Å². The highest BCUT2D eigenvalue weighted by molar-refractivity contribution is 5.68. The fraction of sp³-hybridized carbons (Fsp3) is 0.909. The van der Waals surface area contributed by atoms with Gasteiger partial charge >= 0.3 is 12.3 Å².